The summed E-state index contributed by atoms with van der Waals surface area (Å²) in [7, 11) is 0. The summed E-state index contributed by atoms with van der Waals surface area (Å²) < 4.78 is 8.71. The lowest BCUT2D eigenvalue weighted by atomic mass is 9.97. The lowest BCUT2D eigenvalue weighted by molar-refractivity contribution is 0.669. The maximum absolute atomic E-state index is 6.32. The van der Waals surface area contributed by atoms with Crippen molar-refractivity contribution >= 4 is 82.4 Å². The SMILES string of the molecule is c1cc(-c2cccc3oc4ccccc4c23)cc(N(c2ccc(-c3cccc(-n4c5ccccc5c5ccccc54)c3)cc2)c2cccc3ccc4ccccc4c23)c1. The number of benzene rings is 10. The Hall–Kier alpha value is -7.88. The van der Waals surface area contributed by atoms with Gasteiger partial charge in [-0.25, -0.2) is 0 Å². The Morgan fingerprint density at radius 3 is 1.81 bits per heavy atom. The third kappa shape index (κ3) is 5.36. The van der Waals surface area contributed by atoms with E-state index < -0.39 is 0 Å². The van der Waals surface area contributed by atoms with Gasteiger partial charge in [0.1, 0.15) is 11.2 Å². The fraction of sp³-hybridized carbons (Fsp3) is 0. The number of fused-ring (bicyclic) bond motifs is 9. The van der Waals surface area contributed by atoms with Crippen molar-refractivity contribution in [2.24, 2.45) is 0 Å². The minimum Gasteiger partial charge on any atom is -0.456 e. The molecule has 0 unspecified atom stereocenters. The van der Waals surface area contributed by atoms with Crippen LogP contribution in [0, 0.1) is 0 Å². The molecule has 2 heterocycles. The van der Waals surface area contributed by atoms with Crippen LogP contribution >= 0.6 is 0 Å². The van der Waals surface area contributed by atoms with E-state index in [9.17, 15) is 0 Å². The molecule has 0 fully saturated rings. The van der Waals surface area contributed by atoms with E-state index in [-0.39, 0.29) is 0 Å². The summed E-state index contributed by atoms with van der Waals surface area (Å²) >= 11 is 0. The van der Waals surface area contributed by atoms with Crippen LogP contribution in [0.2, 0.25) is 0 Å². The molecule has 10 aromatic carbocycles. The Morgan fingerprint density at radius 1 is 0.356 bits per heavy atom. The summed E-state index contributed by atoms with van der Waals surface area (Å²) in [5.74, 6) is 0. The predicted octanol–water partition coefficient (Wildman–Crippen LogP) is 15.8. The zero-order valence-corrected chi connectivity index (χ0v) is 32.1. The summed E-state index contributed by atoms with van der Waals surface area (Å²) in [4.78, 5) is 2.42. The predicted molar refractivity (Wildman–Crippen MR) is 249 cm³/mol. The minimum atomic E-state index is 0.893. The Kier molecular flexibility index (Phi) is 7.54. The smallest absolute Gasteiger partial charge is 0.136 e. The van der Waals surface area contributed by atoms with Gasteiger partial charge in [0.2, 0.25) is 0 Å². The molecule has 276 valence electrons. The topological polar surface area (TPSA) is 21.3 Å². The second kappa shape index (κ2) is 13.4. The van der Waals surface area contributed by atoms with E-state index in [4.69, 9.17) is 4.42 Å². The first-order valence-electron chi connectivity index (χ1n) is 20.2. The zero-order chi connectivity index (χ0) is 38.9. The van der Waals surface area contributed by atoms with E-state index in [0.29, 0.717) is 0 Å². The van der Waals surface area contributed by atoms with Gasteiger partial charge in [0, 0.05) is 44.0 Å². The van der Waals surface area contributed by atoms with Gasteiger partial charge in [0.25, 0.3) is 0 Å². The molecule has 0 aliphatic rings. The van der Waals surface area contributed by atoms with Crippen molar-refractivity contribution < 1.29 is 4.42 Å². The molecular weight excluding hydrogens is 717 g/mol. The van der Waals surface area contributed by atoms with Crippen LogP contribution in [0.25, 0.3) is 93.2 Å². The van der Waals surface area contributed by atoms with Gasteiger partial charge < -0.3 is 13.9 Å². The highest BCUT2D eigenvalue weighted by molar-refractivity contribution is 6.16. The molecule has 12 rings (SSSR count). The molecule has 0 bridgehead atoms. The summed E-state index contributed by atoms with van der Waals surface area (Å²) in [6.07, 6.45) is 0. The highest BCUT2D eigenvalue weighted by atomic mass is 16.3. The number of furan rings is 1. The first-order chi connectivity index (χ1) is 29.3. The second-order valence-electron chi connectivity index (χ2n) is 15.3. The summed E-state index contributed by atoms with van der Waals surface area (Å²) in [5, 5.41) is 9.66. The molecule has 3 heteroatoms. The maximum Gasteiger partial charge on any atom is 0.136 e. The molecule has 0 atom stereocenters. The van der Waals surface area contributed by atoms with Crippen LogP contribution in [0.1, 0.15) is 0 Å². The normalized spacial score (nSPS) is 11.7. The molecule has 59 heavy (non-hydrogen) atoms. The van der Waals surface area contributed by atoms with Gasteiger partial charge in [0.15, 0.2) is 0 Å². The Balaban J connectivity index is 1.02. The molecule has 2 aromatic heterocycles. The minimum absolute atomic E-state index is 0.893. The molecule has 0 amide bonds. The Labute approximate surface area is 341 Å². The third-order valence-electron chi connectivity index (χ3n) is 11.9. The molecule has 12 aromatic rings. The first-order valence-corrected chi connectivity index (χ1v) is 20.2. The molecule has 3 nitrogen and oxygen atoms in total. The monoisotopic (exact) mass is 752 g/mol. The van der Waals surface area contributed by atoms with Gasteiger partial charge in [-0.3, -0.25) is 0 Å². The number of hydrogen-bond acceptors (Lipinski definition) is 2. The van der Waals surface area contributed by atoms with E-state index in [1.54, 1.807) is 0 Å². The largest absolute Gasteiger partial charge is 0.456 e. The molecule has 0 aliphatic heterocycles. The van der Waals surface area contributed by atoms with E-state index >= 15 is 0 Å². The number of aromatic nitrogens is 1. The molecule has 0 saturated heterocycles. The summed E-state index contributed by atoms with van der Waals surface area (Å²) in [6, 6.07) is 78.8. The second-order valence-corrected chi connectivity index (χ2v) is 15.3. The quantitative estimate of drug-likeness (QED) is 0.158. The molecule has 0 saturated carbocycles. The van der Waals surface area contributed by atoms with Crippen molar-refractivity contribution in [2.45, 2.75) is 0 Å². The van der Waals surface area contributed by atoms with Crippen molar-refractivity contribution in [3.63, 3.8) is 0 Å². The Bertz CT molecular complexity index is 3520. The van der Waals surface area contributed by atoms with Gasteiger partial charge in [-0.2, -0.15) is 0 Å². The van der Waals surface area contributed by atoms with E-state index in [0.717, 1.165) is 61.4 Å². The maximum atomic E-state index is 6.32. The lowest BCUT2D eigenvalue weighted by Crippen LogP contribution is -2.10. The number of anilines is 3. The number of hydrogen-bond donors (Lipinski definition) is 0. The molecule has 0 N–H and O–H groups in total. The highest BCUT2D eigenvalue weighted by Gasteiger charge is 2.20. The molecule has 0 spiro atoms. The van der Waals surface area contributed by atoms with Crippen LogP contribution in [0.15, 0.2) is 223 Å². The standard InChI is InChI=1S/C56H36N2O/c1-2-19-45-38(13-1)29-30-39-14-11-26-52(55(39)45)57(43-17-10-16-41(36-43)46-23-12-28-54-56(46)49-22-5-8-27-53(49)59-54)42-33-31-37(32-34-42)40-15-9-18-44(35-40)58-50-24-6-3-20-47(50)48-21-4-7-25-51(48)58/h1-36H. The van der Waals surface area contributed by atoms with Crippen molar-refractivity contribution in [1.82, 2.24) is 4.57 Å². The zero-order valence-electron chi connectivity index (χ0n) is 32.1. The van der Waals surface area contributed by atoms with Gasteiger partial charge >= 0.3 is 0 Å². The van der Waals surface area contributed by atoms with Gasteiger partial charge in [0.05, 0.1) is 16.7 Å². The van der Waals surface area contributed by atoms with Crippen molar-refractivity contribution in [1.29, 1.82) is 0 Å². The highest BCUT2D eigenvalue weighted by Crippen LogP contribution is 2.44. The number of rotatable bonds is 6. The molecule has 0 aliphatic carbocycles. The summed E-state index contributed by atoms with van der Waals surface area (Å²) in [5.41, 5.74) is 13.2. The Morgan fingerprint density at radius 2 is 0.983 bits per heavy atom. The van der Waals surface area contributed by atoms with E-state index in [2.05, 4.69) is 216 Å². The van der Waals surface area contributed by atoms with Crippen LogP contribution in [-0.2, 0) is 0 Å². The van der Waals surface area contributed by atoms with Crippen LogP contribution in [0.3, 0.4) is 0 Å². The van der Waals surface area contributed by atoms with Crippen LogP contribution in [-0.4, -0.2) is 4.57 Å². The fourth-order valence-electron chi connectivity index (χ4n) is 9.31. The average Bonchev–Trinajstić information content (AvgIpc) is 3.86. The average molecular weight is 753 g/mol. The van der Waals surface area contributed by atoms with Gasteiger partial charge in [-0.1, -0.05) is 152 Å². The number of para-hydroxylation sites is 3. The lowest BCUT2D eigenvalue weighted by Gasteiger charge is -2.28. The van der Waals surface area contributed by atoms with Crippen LogP contribution in [0.4, 0.5) is 17.1 Å². The first kappa shape index (κ1) is 33.3. The van der Waals surface area contributed by atoms with E-state index in [1.165, 1.54) is 48.9 Å². The fourth-order valence-corrected chi connectivity index (χ4v) is 9.31. The van der Waals surface area contributed by atoms with Crippen molar-refractivity contribution in [3.8, 4) is 27.9 Å². The molecular formula is C56H36N2O. The van der Waals surface area contributed by atoms with Gasteiger partial charge in [-0.15, -0.1) is 0 Å². The third-order valence-corrected chi connectivity index (χ3v) is 11.9. The van der Waals surface area contributed by atoms with Crippen molar-refractivity contribution in [2.75, 3.05) is 4.90 Å². The number of nitrogens with zero attached hydrogens (tertiary/aromatic N) is 2. The van der Waals surface area contributed by atoms with Crippen LogP contribution in [0.5, 0.6) is 0 Å². The van der Waals surface area contributed by atoms with E-state index in [1.807, 2.05) is 12.1 Å². The van der Waals surface area contributed by atoms with Gasteiger partial charge in [-0.05, 0) is 105 Å². The van der Waals surface area contributed by atoms with Crippen LogP contribution < -0.4 is 4.90 Å². The molecule has 0 radical (unpaired) electrons. The van der Waals surface area contributed by atoms with Crippen molar-refractivity contribution in [3.05, 3.63) is 218 Å². The summed E-state index contributed by atoms with van der Waals surface area (Å²) in [6.45, 7) is 0.